The zero-order valence-electron chi connectivity index (χ0n) is 15.1. The molecule has 2 rings (SSSR count). The van der Waals surface area contributed by atoms with Gasteiger partial charge in [-0.25, -0.2) is 5.01 Å². The van der Waals surface area contributed by atoms with Crippen molar-refractivity contribution in [2.75, 3.05) is 13.2 Å². The van der Waals surface area contributed by atoms with Gasteiger partial charge in [0.25, 0.3) is 0 Å². The molecule has 1 aliphatic rings. The fourth-order valence-corrected chi connectivity index (χ4v) is 3.05. The zero-order chi connectivity index (χ0) is 19.0. The van der Waals surface area contributed by atoms with Crippen LogP contribution in [0.15, 0.2) is 24.3 Å². The molecule has 1 amide bonds. The normalized spacial score (nSPS) is 16.5. The Kier molecular flexibility index (Phi) is 7.75. The van der Waals surface area contributed by atoms with Gasteiger partial charge in [0.1, 0.15) is 11.8 Å². The Bertz CT molecular complexity index is 561. The second-order valence-electron chi connectivity index (χ2n) is 6.61. The first kappa shape index (κ1) is 20.6. The number of ether oxygens (including phenoxy) is 1. The smallest absolute Gasteiger partial charge is 0.409 e. The highest BCUT2D eigenvalue weighted by Gasteiger charge is 2.46. The van der Waals surface area contributed by atoms with Crippen molar-refractivity contribution in [1.82, 2.24) is 10.4 Å². The van der Waals surface area contributed by atoms with E-state index in [9.17, 15) is 18.0 Å². The lowest BCUT2D eigenvalue weighted by Crippen LogP contribution is -2.43. The molecule has 0 saturated carbocycles. The Hall–Kier alpha value is -1.76. The monoisotopic (exact) mass is 372 g/mol. The number of benzene rings is 1. The van der Waals surface area contributed by atoms with Crippen LogP contribution < -0.4 is 10.2 Å². The van der Waals surface area contributed by atoms with Gasteiger partial charge >= 0.3 is 6.18 Å². The van der Waals surface area contributed by atoms with Crippen LogP contribution >= 0.6 is 0 Å². The molecule has 26 heavy (non-hydrogen) atoms. The fourth-order valence-electron chi connectivity index (χ4n) is 3.05. The number of carbonyl (C=O) groups is 1. The predicted molar refractivity (Wildman–Crippen MR) is 93.6 cm³/mol. The Labute approximate surface area is 152 Å². The maximum atomic E-state index is 13.4. The van der Waals surface area contributed by atoms with Gasteiger partial charge in [0, 0.05) is 13.0 Å². The number of nitrogens with zero attached hydrogens (tertiary/aromatic N) is 1. The third-order valence-corrected chi connectivity index (χ3v) is 4.43. The van der Waals surface area contributed by atoms with Crippen LogP contribution in [-0.2, 0) is 4.79 Å². The minimum absolute atomic E-state index is 0.0410. The summed E-state index contributed by atoms with van der Waals surface area (Å²) in [5.41, 5.74) is 2.37. The highest BCUT2D eigenvalue weighted by atomic mass is 19.4. The van der Waals surface area contributed by atoms with Crippen LogP contribution in [0.3, 0.4) is 0 Å². The molecule has 1 atom stereocenters. The van der Waals surface area contributed by atoms with Crippen LogP contribution in [0.25, 0.3) is 0 Å². The molecule has 146 valence electrons. The number of carbonyl (C=O) groups excluding carboxylic acids is 1. The van der Waals surface area contributed by atoms with E-state index in [0.717, 1.165) is 17.9 Å². The summed E-state index contributed by atoms with van der Waals surface area (Å²) in [4.78, 5) is 11.3. The summed E-state index contributed by atoms with van der Waals surface area (Å²) in [6, 6.07) is 4.10. The van der Waals surface area contributed by atoms with Gasteiger partial charge in [0.2, 0.25) is 5.91 Å². The van der Waals surface area contributed by atoms with Crippen molar-refractivity contribution >= 4 is 5.91 Å². The van der Waals surface area contributed by atoms with Crippen LogP contribution in [-0.4, -0.2) is 30.2 Å². The summed E-state index contributed by atoms with van der Waals surface area (Å²) in [7, 11) is 0. The first-order valence-electron chi connectivity index (χ1n) is 9.27. The van der Waals surface area contributed by atoms with Gasteiger partial charge in [-0.2, -0.15) is 13.2 Å². The van der Waals surface area contributed by atoms with Crippen molar-refractivity contribution in [3.8, 4) is 5.75 Å². The van der Waals surface area contributed by atoms with E-state index >= 15 is 0 Å². The van der Waals surface area contributed by atoms with Crippen molar-refractivity contribution in [1.29, 1.82) is 0 Å². The van der Waals surface area contributed by atoms with E-state index in [0.29, 0.717) is 12.4 Å². The molecule has 1 aliphatic heterocycles. The quantitative estimate of drug-likeness (QED) is 0.602. The number of hydrogen-bond acceptors (Lipinski definition) is 3. The van der Waals surface area contributed by atoms with E-state index < -0.39 is 18.1 Å². The van der Waals surface area contributed by atoms with Crippen LogP contribution in [0.1, 0.15) is 63.5 Å². The Balaban J connectivity index is 1.87. The molecule has 0 aliphatic carbocycles. The number of hydrogen-bond donors (Lipinski definition) is 1. The van der Waals surface area contributed by atoms with E-state index in [1.165, 1.54) is 37.8 Å². The molecule has 0 spiro atoms. The molecule has 1 aromatic carbocycles. The Morgan fingerprint density at radius 1 is 1.12 bits per heavy atom. The highest BCUT2D eigenvalue weighted by Crippen LogP contribution is 2.38. The third kappa shape index (κ3) is 6.20. The number of hydrazine groups is 1. The average molecular weight is 372 g/mol. The van der Waals surface area contributed by atoms with Crippen molar-refractivity contribution in [3.05, 3.63) is 29.8 Å². The number of nitrogens with one attached hydrogen (secondary N) is 1. The van der Waals surface area contributed by atoms with Gasteiger partial charge < -0.3 is 4.74 Å². The van der Waals surface area contributed by atoms with Gasteiger partial charge in [-0.15, -0.1) is 0 Å². The van der Waals surface area contributed by atoms with Crippen LogP contribution in [0.2, 0.25) is 0 Å². The number of unbranched alkanes of at least 4 members (excludes halogenated alkanes) is 5. The summed E-state index contributed by atoms with van der Waals surface area (Å²) in [6.45, 7) is 2.78. The molecule has 7 heteroatoms. The van der Waals surface area contributed by atoms with Crippen LogP contribution in [0.5, 0.6) is 5.75 Å². The Morgan fingerprint density at radius 3 is 2.35 bits per heavy atom. The standard InChI is InChI=1S/C19H27F3N2O2/c1-2-3-4-5-6-7-14-26-16-10-8-15(9-11-16)18(19(20,21)22)24-13-12-17(25)23-24/h8-11,18H,2-7,12-14H2,1H3,(H,23,25)/t18-/m0/s1. The second-order valence-corrected chi connectivity index (χ2v) is 6.61. The summed E-state index contributed by atoms with van der Waals surface area (Å²) >= 11 is 0. The van der Waals surface area contributed by atoms with Gasteiger partial charge in [-0.05, 0) is 24.1 Å². The third-order valence-electron chi connectivity index (χ3n) is 4.43. The van der Waals surface area contributed by atoms with Gasteiger partial charge in [0.05, 0.1) is 6.61 Å². The topological polar surface area (TPSA) is 41.6 Å². The molecule has 1 N–H and O–H groups in total. The van der Waals surface area contributed by atoms with E-state index in [2.05, 4.69) is 12.3 Å². The van der Waals surface area contributed by atoms with Crippen LogP contribution in [0, 0.1) is 0 Å². The molecule has 1 aromatic rings. The van der Waals surface area contributed by atoms with Gasteiger partial charge in [0.15, 0.2) is 0 Å². The molecular formula is C19H27F3N2O2. The first-order chi connectivity index (χ1) is 12.4. The Morgan fingerprint density at radius 2 is 1.77 bits per heavy atom. The summed E-state index contributed by atoms with van der Waals surface area (Å²) in [5.74, 6) is 0.173. The van der Waals surface area contributed by atoms with Crippen LogP contribution in [0.4, 0.5) is 13.2 Å². The minimum Gasteiger partial charge on any atom is -0.494 e. The molecule has 0 bridgehead atoms. The van der Waals surface area contributed by atoms with Gasteiger partial charge in [-0.1, -0.05) is 51.2 Å². The molecule has 0 aromatic heterocycles. The lowest BCUT2D eigenvalue weighted by atomic mass is 10.1. The molecular weight excluding hydrogens is 345 g/mol. The summed E-state index contributed by atoms with van der Waals surface area (Å²) in [6.07, 6.45) is 2.52. The molecule has 0 unspecified atom stereocenters. The maximum Gasteiger partial charge on any atom is 0.409 e. The van der Waals surface area contributed by atoms with E-state index in [4.69, 9.17) is 4.74 Å². The highest BCUT2D eigenvalue weighted by molar-refractivity contribution is 5.77. The number of halogens is 3. The average Bonchev–Trinajstić information content (AvgIpc) is 3.00. The van der Waals surface area contributed by atoms with Gasteiger partial charge in [-0.3, -0.25) is 10.2 Å². The summed E-state index contributed by atoms with van der Waals surface area (Å²) < 4.78 is 45.9. The zero-order valence-corrected chi connectivity index (χ0v) is 15.1. The number of rotatable bonds is 10. The van der Waals surface area contributed by atoms with Crippen molar-refractivity contribution in [2.45, 2.75) is 64.1 Å². The lowest BCUT2D eigenvalue weighted by molar-refractivity contribution is -0.191. The van der Waals surface area contributed by atoms with E-state index in [-0.39, 0.29) is 18.5 Å². The first-order valence-corrected chi connectivity index (χ1v) is 9.27. The molecule has 1 saturated heterocycles. The molecule has 1 heterocycles. The van der Waals surface area contributed by atoms with E-state index in [1.54, 1.807) is 12.1 Å². The molecule has 1 fully saturated rings. The summed E-state index contributed by atoms with van der Waals surface area (Å²) in [5, 5.41) is 0.953. The molecule has 0 radical (unpaired) electrons. The predicted octanol–water partition coefficient (Wildman–Crippen LogP) is 4.77. The number of alkyl halides is 3. The SMILES string of the molecule is CCCCCCCCOc1ccc([C@H](N2CCC(=O)N2)C(F)(F)F)cc1. The largest absolute Gasteiger partial charge is 0.494 e. The lowest BCUT2D eigenvalue weighted by Gasteiger charge is -2.29. The van der Waals surface area contributed by atoms with Crippen molar-refractivity contribution in [3.63, 3.8) is 0 Å². The molecule has 4 nitrogen and oxygen atoms in total. The number of amides is 1. The fraction of sp³-hybridized carbons (Fsp3) is 0.632. The second kappa shape index (κ2) is 9.80. The van der Waals surface area contributed by atoms with Crippen molar-refractivity contribution < 1.29 is 22.7 Å². The maximum absolute atomic E-state index is 13.4. The minimum atomic E-state index is -4.47. The van der Waals surface area contributed by atoms with E-state index in [1.807, 2.05) is 0 Å². The van der Waals surface area contributed by atoms with Crippen molar-refractivity contribution in [2.24, 2.45) is 0 Å².